The van der Waals surface area contributed by atoms with Crippen molar-refractivity contribution in [3.63, 3.8) is 0 Å². The minimum absolute atomic E-state index is 0.0427. The molecule has 0 aromatic heterocycles. The third kappa shape index (κ3) is 6.10. The van der Waals surface area contributed by atoms with Crippen LogP contribution >= 0.6 is 11.6 Å². The Kier molecular flexibility index (Phi) is 6.83. The zero-order chi connectivity index (χ0) is 16.7. The van der Waals surface area contributed by atoms with E-state index >= 15 is 0 Å². The molecule has 6 nitrogen and oxygen atoms in total. The zero-order valence-corrected chi connectivity index (χ0v) is 14.4. The van der Waals surface area contributed by atoms with Gasteiger partial charge in [-0.2, -0.15) is 0 Å². The third-order valence-corrected chi connectivity index (χ3v) is 5.48. The molecule has 3 N–H and O–H groups in total. The van der Waals surface area contributed by atoms with E-state index in [2.05, 4.69) is 15.4 Å². The Balaban J connectivity index is 1.67. The fraction of sp³-hybridized carbons (Fsp3) is 0.533. The lowest BCUT2D eigenvalue weighted by Crippen LogP contribution is -2.34. The number of carbonyl (C=O) groups is 1. The van der Waals surface area contributed by atoms with Crippen molar-refractivity contribution in [2.45, 2.75) is 24.2 Å². The van der Waals surface area contributed by atoms with Crippen LogP contribution in [-0.4, -0.2) is 40.5 Å². The van der Waals surface area contributed by atoms with Gasteiger partial charge in [-0.25, -0.2) is 13.1 Å². The van der Waals surface area contributed by atoms with Gasteiger partial charge in [-0.1, -0.05) is 17.7 Å². The van der Waals surface area contributed by atoms with Crippen molar-refractivity contribution in [1.29, 1.82) is 0 Å². The Morgan fingerprint density at radius 3 is 2.87 bits per heavy atom. The molecule has 8 heteroatoms. The van der Waals surface area contributed by atoms with Gasteiger partial charge in [0.25, 0.3) is 0 Å². The number of benzene rings is 1. The van der Waals surface area contributed by atoms with Crippen molar-refractivity contribution in [1.82, 2.24) is 15.4 Å². The summed E-state index contributed by atoms with van der Waals surface area (Å²) < 4.78 is 26.5. The van der Waals surface area contributed by atoms with Crippen LogP contribution in [0.4, 0.5) is 0 Å². The lowest BCUT2D eigenvalue weighted by molar-refractivity contribution is -0.121. The van der Waals surface area contributed by atoms with Crippen LogP contribution in [0.25, 0.3) is 0 Å². The standard InChI is InChI=1S/C15H22ClN3O3S/c16-13-2-1-3-14(10-13)23(21,22)19-9-8-18-15(20)5-4-12-6-7-17-11-12/h1-3,10,12,17,19H,4-9,11H2,(H,18,20). The highest BCUT2D eigenvalue weighted by Gasteiger charge is 2.16. The summed E-state index contributed by atoms with van der Waals surface area (Å²) in [7, 11) is -3.60. The van der Waals surface area contributed by atoms with Gasteiger partial charge in [0.05, 0.1) is 4.90 Å². The first-order valence-corrected chi connectivity index (χ1v) is 9.56. The second-order valence-corrected chi connectivity index (χ2v) is 7.81. The van der Waals surface area contributed by atoms with Gasteiger partial charge in [-0.3, -0.25) is 4.79 Å². The maximum Gasteiger partial charge on any atom is 0.240 e. The highest BCUT2D eigenvalue weighted by Crippen LogP contribution is 2.15. The maximum absolute atomic E-state index is 12.0. The Labute approximate surface area is 142 Å². The van der Waals surface area contributed by atoms with Crippen LogP contribution in [-0.2, 0) is 14.8 Å². The smallest absolute Gasteiger partial charge is 0.240 e. The molecule has 23 heavy (non-hydrogen) atoms. The Hall–Kier alpha value is -1.15. The number of sulfonamides is 1. The summed E-state index contributed by atoms with van der Waals surface area (Å²) in [5.74, 6) is 0.529. The molecule has 2 rings (SSSR count). The molecule has 0 aliphatic carbocycles. The fourth-order valence-electron chi connectivity index (χ4n) is 2.49. The number of rotatable bonds is 8. The molecule has 1 saturated heterocycles. The molecule has 128 valence electrons. The van der Waals surface area contributed by atoms with Crippen molar-refractivity contribution in [3.05, 3.63) is 29.3 Å². The largest absolute Gasteiger partial charge is 0.355 e. The SMILES string of the molecule is O=C(CCC1CCNC1)NCCNS(=O)(=O)c1cccc(Cl)c1. The van der Waals surface area contributed by atoms with Crippen molar-refractivity contribution < 1.29 is 13.2 Å². The Bertz CT molecular complexity index is 631. The van der Waals surface area contributed by atoms with E-state index in [1.807, 2.05) is 0 Å². The second-order valence-electron chi connectivity index (χ2n) is 5.60. The van der Waals surface area contributed by atoms with Crippen LogP contribution in [0.3, 0.4) is 0 Å². The van der Waals surface area contributed by atoms with Crippen LogP contribution in [0.1, 0.15) is 19.3 Å². The highest BCUT2D eigenvalue weighted by molar-refractivity contribution is 7.89. The van der Waals surface area contributed by atoms with E-state index in [0.717, 1.165) is 25.9 Å². The Morgan fingerprint density at radius 2 is 2.17 bits per heavy atom. The average Bonchev–Trinajstić information content (AvgIpc) is 3.03. The number of hydrogen-bond donors (Lipinski definition) is 3. The van der Waals surface area contributed by atoms with Crippen LogP contribution < -0.4 is 15.4 Å². The molecule has 0 radical (unpaired) electrons. The quantitative estimate of drug-likeness (QED) is 0.607. The van der Waals surface area contributed by atoms with Gasteiger partial charge in [0.2, 0.25) is 15.9 Å². The maximum atomic E-state index is 12.0. The number of hydrogen-bond acceptors (Lipinski definition) is 4. The summed E-state index contributed by atoms with van der Waals surface area (Å²) in [5.41, 5.74) is 0. The lowest BCUT2D eigenvalue weighted by Gasteiger charge is -2.10. The molecule has 1 aliphatic rings. The molecule has 1 heterocycles. The normalized spacial score (nSPS) is 18.0. The molecule has 1 aromatic rings. The molecule has 1 amide bonds. The van der Waals surface area contributed by atoms with E-state index in [0.29, 0.717) is 17.4 Å². The molecule has 1 unspecified atom stereocenters. The average molecular weight is 360 g/mol. The van der Waals surface area contributed by atoms with Gasteiger partial charge in [-0.05, 0) is 50.0 Å². The van der Waals surface area contributed by atoms with Crippen molar-refractivity contribution in [3.8, 4) is 0 Å². The Morgan fingerprint density at radius 1 is 1.35 bits per heavy atom. The van der Waals surface area contributed by atoms with Gasteiger partial charge in [0.1, 0.15) is 0 Å². The first kappa shape index (κ1) is 18.2. The topological polar surface area (TPSA) is 87.3 Å². The van der Waals surface area contributed by atoms with E-state index in [1.54, 1.807) is 12.1 Å². The molecular formula is C15H22ClN3O3S. The number of halogens is 1. The minimum atomic E-state index is -3.60. The van der Waals surface area contributed by atoms with Crippen molar-refractivity contribution in [2.75, 3.05) is 26.2 Å². The van der Waals surface area contributed by atoms with E-state index in [4.69, 9.17) is 11.6 Å². The second kappa shape index (κ2) is 8.63. The summed E-state index contributed by atoms with van der Waals surface area (Å²) in [6, 6.07) is 6.05. The highest BCUT2D eigenvalue weighted by atomic mass is 35.5. The molecule has 0 spiro atoms. The van der Waals surface area contributed by atoms with Gasteiger partial charge >= 0.3 is 0 Å². The summed E-state index contributed by atoms with van der Waals surface area (Å²) >= 11 is 5.79. The summed E-state index contributed by atoms with van der Waals surface area (Å²) in [5, 5.41) is 6.36. The summed E-state index contributed by atoms with van der Waals surface area (Å²) in [4.78, 5) is 11.8. The molecule has 0 saturated carbocycles. The van der Waals surface area contributed by atoms with E-state index in [1.165, 1.54) is 12.1 Å². The van der Waals surface area contributed by atoms with E-state index in [9.17, 15) is 13.2 Å². The van der Waals surface area contributed by atoms with Gasteiger partial charge in [-0.15, -0.1) is 0 Å². The van der Waals surface area contributed by atoms with E-state index < -0.39 is 10.0 Å². The predicted molar refractivity (Wildman–Crippen MR) is 89.9 cm³/mol. The van der Waals surface area contributed by atoms with Gasteiger partial charge in [0.15, 0.2) is 0 Å². The molecule has 1 atom stereocenters. The molecule has 1 aliphatic heterocycles. The van der Waals surface area contributed by atoms with Crippen molar-refractivity contribution in [2.24, 2.45) is 5.92 Å². The van der Waals surface area contributed by atoms with Gasteiger partial charge in [0, 0.05) is 24.5 Å². The molecule has 1 aromatic carbocycles. The van der Waals surface area contributed by atoms with Crippen LogP contribution in [0, 0.1) is 5.92 Å². The van der Waals surface area contributed by atoms with E-state index in [-0.39, 0.29) is 23.9 Å². The first-order chi connectivity index (χ1) is 11.0. The minimum Gasteiger partial charge on any atom is -0.355 e. The number of amides is 1. The lowest BCUT2D eigenvalue weighted by atomic mass is 10.0. The predicted octanol–water partition coefficient (Wildman–Crippen LogP) is 1.12. The summed E-state index contributed by atoms with van der Waals surface area (Å²) in [6.45, 7) is 2.41. The number of carbonyl (C=O) groups excluding carboxylic acids is 1. The first-order valence-electron chi connectivity index (χ1n) is 7.70. The van der Waals surface area contributed by atoms with Crippen molar-refractivity contribution >= 4 is 27.5 Å². The van der Waals surface area contributed by atoms with Crippen LogP contribution in [0.2, 0.25) is 5.02 Å². The fourth-order valence-corrected chi connectivity index (χ4v) is 3.82. The molecular weight excluding hydrogens is 338 g/mol. The van der Waals surface area contributed by atoms with Crippen LogP contribution in [0.5, 0.6) is 0 Å². The number of nitrogens with one attached hydrogen (secondary N) is 3. The monoisotopic (exact) mass is 359 g/mol. The van der Waals surface area contributed by atoms with Gasteiger partial charge < -0.3 is 10.6 Å². The van der Waals surface area contributed by atoms with Crippen LogP contribution in [0.15, 0.2) is 29.2 Å². The molecule has 0 bridgehead atoms. The third-order valence-electron chi connectivity index (χ3n) is 3.79. The summed E-state index contributed by atoms with van der Waals surface area (Å²) in [6.07, 6.45) is 2.47. The molecule has 1 fully saturated rings. The zero-order valence-electron chi connectivity index (χ0n) is 12.8.